The molecule has 2 N–H and O–H groups in total. The van der Waals surface area contributed by atoms with Crippen LogP contribution < -0.4 is 5.32 Å². The third kappa shape index (κ3) is 1.92. The maximum Gasteiger partial charge on any atom is 0.259 e. The molecule has 4 heterocycles. The Labute approximate surface area is 120 Å². The van der Waals surface area contributed by atoms with Crippen molar-refractivity contribution in [1.82, 2.24) is 19.5 Å². The lowest BCUT2D eigenvalue weighted by molar-refractivity contribution is 0.102. The van der Waals surface area contributed by atoms with Gasteiger partial charge < -0.3 is 14.9 Å². The van der Waals surface area contributed by atoms with E-state index in [0.717, 1.165) is 30.0 Å². The molecule has 0 atom stereocenters. The van der Waals surface area contributed by atoms with Gasteiger partial charge in [-0.3, -0.25) is 4.79 Å². The molecule has 1 aliphatic rings. The first-order chi connectivity index (χ1) is 10.3. The Bertz CT molecular complexity index is 803. The summed E-state index contributed by atoms with van der Waals surface area (Å²) in [5, 5.41) is 2.81. The molecule has 6 nitrogen and oxygen atoms in total. The van der Waals surface area contributed by atoms with Crippen LogP contribution in [0.15, 0.2) is 43.0 Å². The average Bonchev–Trinajstić information content (AvgIpc) is 3.14. The van der Waals surface area contributed by atoms with Crippen molar-refractivity contribution < 1.29 is 4.79 Å². The Morgan fingerprint density at radius 1 is 1.29 bits per heavy atom. The first-order valence-electron chi connectivity index (χ1n) is 6.77. The fourth-order valence-electron chi connectivity index (χ4n) is 2.67. The second kappa shape index (κ2) is 4.59. The average molecular weight is 279 g/mol. The van der Waals surface area contributed by atoms with E-state index in [1.165, 1.54) is 0 Å². The van der Waals surface area contributed by atoms with Crippen LogP contribution in [0, 0.1) is 0 Å². The van der Waals surface area contributed by atoms with Crippen molar-refractivity contribution >= 4 is 11.7 Å². The van der Waals surface area contributed by atoms with Crippen LogP contribution in [0.4, 0.5) is 5.82 Å². The molecule has 0 radical (unpaired) electrons. The largest absolute Gasteiger partial charge is 0.364 e. The number of imidazole rings is 1. The number of amides is 1. The molecule has 1 amide bonds. The molecule has 0 aromatic carbocycles. The molecule has 0 spiro atoms. The van der Waals surface area contributed by atoms with Gasteiger partial charge in [-0.2, -0.15) is 0 Å². The molecular formula is C15H13N5O. The molecule has 6 heteroatoms. The number of nitrogens with one attached hydrogen (secondary N) is 2. The molecule has 0 aliphatic carbocycles. The van der Waals surface area contributed by atoms with Crippen molar-refractivity contribution in [3.8, 4) is 11.4 Å². The molecule has 1 aliphatic heterocycles. The SMILES string of the molecule is O=C(Nc1ccccn1)c1c[nH]c2c1-c1nccn1CC2. The molecule has 3 aromatic rings. The molecule has 21 heavy (non-hydrogen) atoms. The molecule has 104 valence electrons. The number of H-pyrrole nitrogens is 1. The third-order valence-electron chi connectivity index (χ3n) is 3.65. The lowest BCUT2D eigenvalue weighted by Crippen LogP contribution is -2.16. The van der Waals surface area contributed by atoms with E-state index in [4.69, 9.17) is 0 Å². The Balaban J connectivity index is 1.72. The standard InChI is InChI=1S/C15H13N5O/c21-15(19-12-3-1-2-5-16-12)10-9-18-11-4-7-20-8-6-17-14(20)13(10)11/h1-3,5-6,8-9,18H,4,7H2,(H,16,19,21). The lowest BCUT2D eigenvalue weighted by Gasteiger charge is -2.15. The van der Waals surface area contributed by atoms with Crippen LogP contribution in [0.1, 0.15) is 16.1 Å². The van der Waals surface area contributed by atoms with E-state index in [9.17, 15) is 4.79 Å². The first-order valence-corrected chi connectivity index (χ1v) is 6.77. The summed E-state index contributed by atoms with van der Waals surface area (Å²) in [7, 11) is 0. The van der Waals surface area contributed by atoms with Gasteiger partial charge in [0.25, 0.3) is 5.91 Å². The van der Waals surface area contributed by atoms with Crippen molar-refractivity contribution in [2.45, 2.75) is 13.0 Å². The normalized spacial score (nSPS) is 12.6. The lowest BCUT2D eigenvalue weighted by atomic mass is 10.0. The number of aromatic nitrogens is 4. The zero-order chi connectivity index (χ0) is 14.2. The zero-order valence-electron chi connectivity index (χ0n) is 11.2. The molecular weight excluding hydrogens is 266 g/mol. The highest BCUT2D eigenvalue weighted by molar-refractivity contribution is 6.08. The fraction of sp³-hybridized carbons (Fsp3) is 0.133. The van der Waals surface area contributed by atoms with E-state index in [1.807, 2.05) is 18.3 Å². The Morgan fingerprint density at radius 2 is 2.24 bits per heavy atom. The van der Waals surface area contributed by atoms with Gasteiger partial charge in [0.1, 0.15) is 11.6 Å². The zero-order valence-corrected chi connectivity index (χ0v) is 11.2. The highest BCUT2D eigenvalue weighted by Gasteiger charge is 2.25. The minimum Gasteiger partial charge on any atom is -0.364 e. The predicted octanol–water partition coefficient (Wildman–Crippen LogP) is 2.08. The molecule has 0 unspecified atom stereocenters. The number of rotatable bonds is 2. The highest BCUT2D eigenvalue weighted by Crippen LogP contribution is 2.31. The first kappa shape index (κ1) is 11.9. The van der Waals surface area contributed by atoms with Crippen molar-refractivity contribution in [3.63, 3.8) is 0 Å². The Kier molecular flexibility index (Phi) is 2.60. The maximum atomic E-state index is 12.5. The van der Waals surface area contributed by atoms with E-state index >= 15 is 0 Å². The quantitative estimate of drug-likeness (QED) is 0.754. The minimum atomic E-state index is -0.178. The van der Waals surface area contributed by atoms with Crippen molar-refractivity contribution in [2.24, 2.45) is 0 Å². The number of aromatic amines is 1. The second-order valence-electron chi connectivity index (χ2n) is 4.92. The fourth-order valence-corrected chi connectivity index (χ4v) is 2.67. The van der Waals surface area contributed by atoms with E-state index < -0.39 is 0 Å². The second-order valence-corrected chi connectivity index (χ2v) is 4.92. The number of hydrogen-bond donors (Lipinski definition) is 2. The van der Waals surface area contributed by atoms with Gasteiger partial charge in [-0.05, 0) is 12.1 Å². The van der Waals surface area contributed by atoms with Crippen LogP contribution in [0.3, 0.4) is 0 Å². The van der Waals surface area contributed by atoms with Gasteiger partial charge in [0.05, 0.1) is 11.1 Å². The summed E-state index contributed by atoms with van der Waals surface area (Å²) in [6.45, 7) is 0.879. The molecule has 0 bridgehead atoms. The maximum absolute atomic E-state index is 12.5. The van der Waals surface area contributed by atoms with Crippen molar-refractivity contribution in [1.29, 1.82) is 0 Å². The smallest absolute Gasteiger partial charge is 0.259 e. The Hall–Kier alpha value is -2.89. The van der Waals surface area contributed by atoms with Gasteiger partial charge in [-0.25, -0.2) is 9.97 Å². The number of aryl methyl sites for hydroxylation is 2. The van der Waals surface area contributed by atoms with E-state index in [2.05, 4.69) is 24.8 Å². The topological polar surface area (TPSA) is 75.6 Å². The summed E-state index contributed by atoms with van der Waals surface area (Å²) in [6, 6.07) is 5.41. The minimum absolute atomic E-state index is 0.178. The number of pyridine rings is 1. The monoisotopic (exact) mass is 279 g/mol. The van der Waals surface area contributed by atoms with E-state index in [1.54, 1.807) is 24.7 Å². The number of carbonyl (C=O) groups excluding carboxylic acids is 1. The predicted molar refractivity (Wildman–Crippen MR) is 77.9 cm³/mol. The summed E-state index contributed by atoms with van der Waals surface area (Å²) in [5.74, 6) is 1.20. The summed E-state index contributed by atoms with van der Waals surface area (Å²) < 4.78 is 2.06. The molecule has 4 rings (SSSR count). The molecule has 0 fully saturated rings. The number of fused-ring (bicyclic) bond motifs is 3. The molecule has 0 saturated heterocycles. The number of nitrogens with zero attached hydrogens (tertiary/aromatic N) is 3. The van der Waals surface area contributed by atoms with E-state index in [-0.39, 0.29) is 5.91 Å². The third-order valence-corrected chi connectivity index (χ3v) is 3.65. The summed E-state index contributed by atoms with van der Waals surface area (Å²) >= 11 is 0. The van der Waals surface area contributed by atoms with Crippen LogP contribution in [0.5, 0.6) is 0 Å². The van der Waals surface area contributed by atoms with Crippen LogP contribution in [-0.4, -0.2) is 25.4 Å². The summed E-state index contributed by atoms with van der Waals surface area (Å²) in [4.78, 5) is 24.1. The van der Waals surface area contributed by atoms with Crippen molar-refractivity contribution in [3.05, 3.63) is 54.2 Å². The van der Waals surface area contributed by atoms with Crippen LogP contribution in [0.25, 0.3) is 11.4 Å². The summed E-state index contributed by atoms with van der Waals surface area (Å²) in [5.41, 5.74) is 2.54. The number of carbonyl (C=O) groups is 1. The Morgan fingerprint density at radius 3 is 3.10 bits per heavy atom. The number of hydrogen-bond acceptors (Lipinski definition) is 3. The van der Waals surface area contributed by atoms with Gasteiger partial charge in [-0.1, -0.05) is 6.07 Å². The van der Waals surface area contributed by atoms with Gasteiger partial charge >= 0.3 is 0 Å². The van der Waals surface area contributed by atoms with Crippen molar-refractivity contribution in [2.75, 3.05) is 5.32 Å². The van der Waals surface area contributed by atoms with Gasteiger partial charge in [-0.15, -0.1) is 0 Å². The van der Waals surface area contributed by atoms with Gasteiger partial charge in [0, 0.05) is 43.4 Å². The van der Waals surface area contributed by atoms with Crippen LogP contribution >= 0.6 is 0 Å². The summed E-state index contributed by atoms with van der Waals surface area (Å²) in [6.07, 6.45) is 7.96. The molecule has 3 aromatic heterocycles. The number of anilines is 1. The van der Waals surface area contributed by atoms with Crippen LogP contribution in [0.2, 0.25) is 0 Å². The molecule has 0 saturated carbocycles. The van der Waals surface area contributed by atoms with Gasteiger partial charge in [0.15, 0.2) is 0 Å². The van der Waals surface area contributed by atoms with Gasteiger partial charge in [0.2, 0.25) is 0 Å². The van der Waals surface area contributed by atoms with Crippen LogP contribution in [-0.2, 0) is 13.0 Å². The van der Waals surface area contributed by atoms with E-state index in [0.29, 0.717) is 11.4 Å². The highest BCUT2D eigenvalue weighted by atomic mass is 16.1.